The molecule has 2 aromatic carbocycles. The van der Waals surface area contributed by atoms with E-state index in [2.05, 4.69) is 30.6 Å². The molecular formula is C34H36ClN9O3. The first kappa shape index (κ1) is 33.3. The van der Waals surface area contributed by atoms with Crippen LogP contribution in [-0.2, 0) is 16.0 Å². The maximum atomic E-state index is 13.9. The van der Waals surface area contributed by atoms with Crippen LogP contribution in [0.3, 0.4) is 0 Å². The highest BCUT2D eigenvalue weighted by molar-refractivity contribution is 6.17. The minimum Gasteiger partial charge on any atom is -0.437 e. The van der Waals surface area contributed by atoms with Crippen LogP contribution in [0.4, 0.5) is 5.69 Å². The number of halogens is 1. The number of ether oxygens (including phenoxy) is 1. The van der Waals surface area contributed by atoms with Crippen LogP contribution in [0.25, 0.3) is 22.5 Å². The molecule has 242 valence electrons. The maximum absolute atomic E-state index is 13.9. The molecule has 6 rings (SSSR count). The fourth-order valence-corrected chi connectivity index (χ4v) is 5.71. The molecule has 3 heterocycles. The number of benzene rings is 2. The summed E-state index contributed by atoms with van der Waals surface area (Å²) in [5.74, 6) is 0.942. The molecule has 13 heteroatoms. The van der Waals surface area contributed by atoms with Gasteiger partial charge in [-0.2, -0.15) is 5.21 Å². The van der Waals surface area contributed by atoms with Crippen molar-refractivity contribution in [1.29, 1.82) is 0 Å². The molecule has 2 amide bonds. The summed E-state index contributed by atoms with van der Waals surface area (Å²) in [5, 5.41) is 14.0. The summed E-state index contributed by atoms with van der Waals surface area (Å²) in [6, 6.07) is 21.1. The van der Waals surface area contributed by atoms with Crippen LogP contribution in [0.5, 0.6) is 11.6 Å². The van der Waals surface area contributed by atoms with Crippen molar-refractivity contribution < 1.29 is 14.3 Å². The summed E-state index contributed by atoms with van der Waals surface area (Å²) in [6.45, 7) is 0.604. The fraction of sp³-hybridized carbons (Fsp3) is 0.265. The van der Waals surface area contributed by atoms with Gasteiger partial charge in [-0.25, -0.2) is 9.88 Å². The molecule has 1 aliphatic rings. The summed E-state index contributed by atoms with van der Waals surface area (Å²) < 4.78 is 5.73. The lowest BCUT2D eigenvalue weighted by Crippen LogP contribution is -2.50. The van der Waals surface area contributed by atoms with Crippen molar-refractivity contribution in [2.24, 2.45) is 23.3 Å². The second-order valence-corrected chi connectivity index (χ2v) is 11.4. The Labute approximate surface area is 278 Å². The number of pyridine rings is 2. The number of imide groups is 1. The second-order valence-electron chi connectivity index (χ2n) is 11.4. The molecule has 1 saturated carbocycles. The predicted molar refractivity (Wildman–Crippen MR) is 180 cm³/mol. The van der Waals surface area contributed by atoms with Gasteiger partial charge in [0.25, 0.3) is 5.91 Å². The molecule has 5 aromatic rings. The molecule has 3 aromatic heterocycles. The van der Waals surface area contributed by atoms with Crippen molar-refractivity contribution >= 4 is 29.9 Å². The van der Waals surface area contributed by atoms with E-state index in [1.165, 1.54) is 4.90 Å². The first-order valence-electron chi connectivity index (χ1n) is 15.3. The standard InChI is InChI=1S/C34H35N9O3.ClH/c35-19-23-5-9-26(10-6-23)33(44)43(28-14-11-25(12-15-28)32-39-41-42-40-32)34(45)30(36)18-22-3-7-24(8-4-22)27-13-16-31(38-20-27)46-29-2-1-17-37-21-29;/h1-4,7-8,11-17,20-21,23,26,30H,5-6,9-10,18-19,35-36H2,(H,39,40,41,42);1H/t23-,26-,30-;/m0./s1. The maximum Gasteiger partial charge on any atom is 0.251 e. The van der Waals surface area contributed by atoms with Crippen molar-refractivity contribution in [1.82, 2.24) is 30.6 Å². The van der Waals surface area contributed by atoms with Gasteiger partial charge in [0.05, 0.1) is 17.9 Å². The Hall–Kier alpha value is -5.04. The largest absolute Gasteiger partial charge is 0.437 e. The summed E-state index contributed by atoms with van der Waals surface area (Å²) in [6.07, 6.45) is 8.41. The third-order valence-corrected chi connectivity index (χ3v) is 8.35. The number of nitrogens with one attached hydrogen (secondary N) is 1. The van der Waals surface area contributed by atoms with E-state index >= 15 is 0 Å². The molecule has 5 N–H and O–H groups in total. The lowest BCUT2D eigenvalue weighted by atomic mass is 9.81. The van der Waals surface area contributed by atoms with Gasteiger partial charge < -0.3 is 16.2 Å². The zero-order chi connectivity index (χ0) is 31.9. The Kier molecular flexibility index (Phi) is 11.0. The van der Waals surface area contributed by atoms with E-state index in [4.69, 9.17) is 16.2 Å². The molecule has 0 bridgehead atoms. The molecule has 47 heavy (non-hydrogen) atoms. The Bertz CT molecular complexity index is 1730. The monoisotopic (exact) mass is 653 g/mol. The Balaban J connectivity index is 0.00000433. The first-order chi connectivity index (χ1) is 22.5. The van der Waals surface area contributed by atoms with Crippen LogP contribution in [-0.4, -0.2) is 55.0 Å². The van der Waals surface area contributed by atoms with Gasteiger partial charge in [-0.05, 0) is 103 Å². The number of rotatable bonds is 10. The summed E-state index contributed by atoms with van der Waals surface area (Å²) in [4.78, 5) is 37.5. The zero-order valence-electron chi connectivity index (χ0n) is 25.6. The summed E-state index contributed by atoms with van der Waals surface area (Å²) in [7, 11) is 0. The van der Waals surface area contributed by atoms with Gasteiger partial charge in [0.15, 0.2) is 0 Å². The van der Waals surface area contributed by atoms with Crippen LogP contribution >= 0.6 is 12.4 Å². The minimum absolute atomic E-state index is 0. The predicted octanol–water partition coefficient (Wildman–Crippen LogP) is 4.73. The van der Waals surface area contributed by atoms with Gasteiger partial charge in [0.1, 0.15) is 5.75 Å². The van der Waals surface area contributed by atoms with E-state index in [0.717, 1.165) is 29.5 Å². The average Bonchev–Trinajstić information content (AvgIpc) is 3.65. The van der Waals surface area contributed by atoms with E-state index in [-0.39, 0.29) is 30.7 Å². The van der Waals surface area contributed by atoms with E-state index in [9.17, 15) is 9.59 Å². The Morgan fingerprint density at radius 3 is 2.26 bits per heavy atom. The number of nitrogens with zero attached hydrogens (tertiary/aromatic N) is 6. The van der Waals surface area contributed by atoms with Crippen LogP contribution in [0.2, 0.25) is 0 Å². The van der Waals surface area contributed by atoms with E-state index in [1.807, 2.05) is 36.4 Å². The SMILES string of the molecule is Cl.NC[C@H]1CC[C@H](C(=O)N(C(=O)[C@@H](N)Cc2ccc(-c3ccc(Oc4cccnc4)nc3)cc2)c2ccc(-c3nn[nH]n3)cc2)CC1. The van der Waals surface area contributed by atoms with Crippen LogP contribution in [0.15, 0.2) is 91.4 Å². The number of hydrogen-bond acceptors (Lipinski definition) is 10. The third-order valence-electron chi connectivity index (χ3n) is 8.35. The quantitative estimate of drug-likeness (QED) is 0.191. The van der Waals surface area contributed by atoms with Gasteiger partial charge >= 0.3 is 0 Å². The van der Waals surface area contributed by atoms with Crippen LogP contribution in [0, 0.1) is 11.8 Å². The fourth-order valence-electron chi connectivity index (χ4n) is 5.71. The number of nitrogens with two attached hydrogens (primary N) is 2. The molecule has 0 aliphatic heterocycles. The van der Waals surface area contributed by atoms with Gasteiger partial charge in [0.2, 0.25) is 17.6 Å². The molecule has 1 aliphatic carbocycles. The van der Waals surface area contributed by atoms with E-state index in [0.29, 0.717) is 54.0 Å². The highest BCUT2D eigenvalue weighted by Gasteiger charge is 2.35. The lowest BCUT2D eigenvalue weighted by molar-refractivity contribution is -0.130. The molecule has 0 saturated heterocycles. The van der Waals surface area contributed by atoms with Crippen molar-refractivity contribution in [3.8, 4) is 34.1 Å². The van der Waals surface area contributed by atoms with Gasteiger partial charge in [0, 0.05) is 35.5 Å². The Morgan fingerprint density at radius 2 is 1.64 bits per heavy atom. The summed E-state index contributed by atoms with van der Waals surface area (Å²) >= 11 is 0. The molecular weight excluding hydrogens is 618 g/mol. The molecule has 1 fully saturated rings. The average molecular weight is 654 g/mol. The number of H-pyrrole nitrogens is 1. The number of aromatic amines is 1. The smallest absolute Gasteiger partial charge is 0.251 e. The van der Waals surface area contributed by atoms with Crippen molar-refractivity contribution in [2.75, 3.05) is 11.4 Å². The number of anilines is 1. The molecule has 0 radical (unpaired) electrons. The highest BCUT2D eigenvalue weighted by Crippen LogP contribution is 2.32. The van der Waals surface area contributed by atoms with Gasteiger partial charge in [-0.1, -0.05) is 24.3 Å². The van der Waals surface area contributed by atoms with Gasteiger partial charge in [-0.15, -0.1) is 22.6 Å². The van der Waals surface area contributed by atoms with E-state index < -0.39 is 11.9 Å². The van der Waals surface area contributed by atoms with Crippen LogP contribution in [0.1, 0.15) is 31.2 Å². The number of amides is 2. The number of carbonyl (C=O) groups is 2. The lowest BCUT2D eigenvalue weighted by Gasteiger charge is -2.32. The molecule has 0 spiro atoms. The second kappa shape index (κ2) is 15.5. The normalized spacial score (nSPS) is 16.5. The topological polar surface area (TPSA) is 179 Å². The van der Waals surface area contributed by atoms with Crippen LogP contribution < -0.4 is 21.1 Å². The molecule has 12 nitrogen and oxygen atoms in total. The zero-order valence-corrected chi connectivity index (χ0v) is 26.4. The van der Waals surface area contributed by atoms with Crippen molar-refractivity contribution in [3.05, 3.63) is 97.0 Å². The molecule has 0 unspecified atom stereocenters. The molecule has 1 atom stereocenters. The number of hydrogen-bond donors (Lipinski definition) is 3. The highest BCUT2D eigenvalue weighted by atomic mass is 35.5. The minimum atomic E-state index is -0.933. The van der Waals surface area contributed by atoms with E-state index in [1.54, 1.807) is 55.0 Å². The number of tetrazole rings is 1. The van der Waals surface area contributed by atoms with Crippen molar-refractivity contribution in [3.63, 3.8) is 0 Å². The third kappa shape index (κ3) is 8.04. The first-order valence-corrected chi connectivity index (χ1v) is 15.3. The number of carbonyl (C=O) groups excluding carboxylic acids is 2. The van der Waals surface area contributed by atoms with Gasteiger partial charge in [-0.3, -0.25) is 14.6 Å². The summed E-state index contributed by atoms with van der Waals surface area (Å²) in [5.41, 5.74) is 16.3. The Morgan fingerprint density at radius 1 is 0.915 bits per heavy atom. The number of aromatic nitrogens is 6. The van der Waals surface area contributed by atoms with Crippen molar-refractivity contribution in [2.45, 2.75) is 38.1 Å².